The molecule has 1 aliphatic carbocycles. The summed E-state index contributed by atoms with van der Waals surface area (Å²) in [7, 11) is 0. The van der Waals surface area contributed by atoms with Crippen molar-refractivity contribution in [1.82, 2.24) is 0 Å². The monoisotopic (exact) mass is 326 g/mol. The Labute approximate surface area is 122 Å². The van der Waals surface area contributed by atoms with Crippen LogP contribution in [0.1, 0.15) is 44.6 Å². The van der Waals surface area contributed by atoms with Gasteiger partial charge in [0.2, 0.25) is 0 Å². The number of hydrogen-bond donors (Lipinski definition) is 0. The number of carbonyl (C=O) groups is 1. The number of hydrogen-bond acceptors (Lipinski definition) is 1. The standard InChI is InChI=1S/C16H20BrFO/c1-2-11-5-3-6-12(9-11)15(19)10-13-7-4-8-14(18)16(13)17/h4,7-8,11-12H,2-3,5-6,9-10H2,1H3. The molecule has 0 N–H and O–H groups in total. The number of halogens is 2. The molecule has 1 aromatic rings. The van der Waals surface area contributed by atoms with Crippen molar-refractivity contribution in [3.8, 4) is 0 Å². The lowest BCUT2D eigenvalue weighted by atomic mass is 9.77. The SMILES string of the molecule is CCC1CCCC(C(=O)Cc2cccc(F)c2Br)C1. The van der Waals surface area contributed by atoms with Gasteiger partial charge in [0, 0.05) is 12.3 Å². The fraction of sp³-hybridized carbons (Fsp3) is 0.562. The maximum Gasteiger partial charge on any atom is 0.140 e. The maximum absolute atomic E-state index is 13.4. The Bertz CT molecular complexity index is 458. The van der Waals surface area contributed by atoms with Crippen LogP contribution in [0, 0.1) is 17.7 Å². The number of benzene rings is 1. The van der Waals surface area contributed by atoms with Gasteiger partial charge in [0.05, 0.1) is 4.47 Å². The normalized spacial score (nSPS) is 23.3. The van der Waals surface area contributed by atoms with E-state index >= 15 is 0 Å². The molecule has 2 atom stereocenters. The highest BCUT2D eigenvalue weighted by molar-refractivity contribution is 9.10. The summed E-state index contributed by atoms with van der Waals surface area (Å²) in [6.45, 7) is 2.20. The molecule has 0 spiro atoms. The fourth-order valence-electron chi connectivity index (χ4n) is 2.97. The van der Waals surface area contributed by atoms with E-state index in [9.17, 15) is 9.18 Å². The quantitative estimate of drug-likeness (QED) is 0.767. The van der Waals surface area contributed by atoms with Crippen LogP contribution in [0.5, 0.6) is 0 Å². The first-order valence-electron chi connectivity index (χ1n) is 7.07. The van der Waals surface area contributed by atoms with Gasteiger partial charge < -0.3 is 0 Å². The van der Waals surface area contributed by atoms with Gasteiger partial charge in [0.15, 0.2) is 0 Å². The van der Waals surface area contributed by atoms with Crippen molar-refractivity contribution in [3.63, 3.8) is 0 Å². The zero-order chi connectivity index (χ0) is 13.8. The second kappa shape index (κ2) is 6.65. The Kier molecular flexibility index (Phi) is 5.14. The van der Waals surface area contributed by atoms with E-state index < -0.39 is 0 Å². The van der Waals surface area contributed by atoms with Crippen molar-refractivity contribution in [1.29, 1.82) is 0 Å². The predicted octanol–water partition coefficient (Wildman–Crippen LogP) is 4.92. The molecule has 3 heteroatoms. The summed E-state index contributed by atoms with van der Waals surface area (Å²) >= 11 is 3.23. The van der Waals surface area contributed by atoms with Crippen molar-refractivity contribution in [2.75, 3.05) is 0 Å². The highest BCUT2D eigenvalue weighted by Crippen LogP contribution is 2.32. The zero-order valence-corrected chi connectivity index (χ0v) is 12.9. The van der Waals surface area contributed by atoms with Gasteiger partial charge in [-0.1, -0.05) is 38.3 Å². The van der Waals surface area contributed by atoms with E-state index in [4.69, 9.17) is 0 Å². The fourth-order valence-corrected chi connectivity index (χ4v) is 3.38. The largest absolute Gasteiger partial charge is 0.299 e. The first-order chi connectivity index (χ1) is 9.11. The van der Waals surface area contributed by atoms with Gasteiger partial charge in [-0.05, 0) is 46.3 Å². The van der Waals surface area contributed by atoms with E-state index in [2.05, 4.69) is 22.9 Å². The first-order valence-corrected chi connectivity index (χ1v) is 7.86. The molecule has 0 radical (unpaired) electrons. The summed E-state index contributed by atoms with van der Waals surface area (Å²) in [6, 6.07) is 4.90. The van der Waals surface area contributed by atoms with Gasteiger partial charge >= 0.3 is 0 Å². The van der Waals surface area contributed by atoms with Gasteiger partial charge in [-0.15, -0.1) is 0 Å². The van der Waals surface area contributed by atoms with E-state index in [1.807, 2.05) is 6.07 Å². The molecule has 19 heavy (non-hydrogen) atoms. The number of ketones is 1. The average Bonchev–Trinajstić information content (AvgIpc) is 2.44. The molecule has 2 unspecified atom stereocenters. The maximum atomic E-state index is 13.4. The molecular formula is C16H20BrFO. The number of Topliss-reactive ketones (excluding diaryl/α,β-unsaturated/α-hetero) is 1. The second-order valence-electron chi connectivity index (χ2n) is 5.49. The lowest BCUT2D eigenvalue weighted by Gasteiger charge is -2.27. The molecule has 0 heterocycles. The van der Waals surface area contributed by atoms with Gasteiger partial charge in [0.1, 0.15) is 11.6 Å². The molecule has 2 rings (SSSR count). The first kappa shape index (κ1) is 14.7. The zero-order valence-electron chi connectivity index (χ0n) is 11.3. The minimum Gasteiger partial charge on any atom is -0.299 e. The van der Waals surface area contributed by atoms with Crippen LogP contribution >= 0.6 is 15.9 Å². The van der Waals surface area contributed by atoms with Crippen molar-refractivity contribution in [2.45, 2.75) is 45.4 Å². The lowest BCUT2D eigenvalue weighted by molar-refractivity contribution is -0.123. The molecule has 0 amide bonds. The Hall–Kier alpha value is -0.700. The molecule has 1 aromatic carbocycles. The smallest absolute Gasteiger partial charge is 0.140 e. The molecule has 0 saturated heterocycles. The lowest BCUT2D eigenvalue weighted by Crippen LogP contribution is -2.24. The summed E-state index contributed by atoms with van der Waals surface area (Å²) in [5.41, 5.74) is 0.767. The molecular weight excluding hydrogens is 307 g/mol. The summed E-state index contributed by atoms with van der Waals surface area (Å²) in [5, 5.41) is 0. The van der Waals surface area contributed by atoms with Crippen LogP contribution < -0.4 is 0 Å². The summed E-state index contributed by atoms with van der Waals surface area (Å²) in [5.74, 6) is 0.845. The van der Waals surface area contributed by atoms with Crippen LogP contribution in [0.25, 0.3) is 0 Å². The summed E-state index contributed by atoms with van der Waals surface area (Å²) in [4.78, 5) is 12.3. The van der Waals surface area contributed by atoms with E-state index in [0.717, 1.165) is 31.2 Å². The van der Waals surface area contributed by atoms with Crippen LogP contribution in [0.3, 0.4) is 0 Å². The Morgan fingerprint density at radius 1 is 1.42 bits per heavy atom. The molecule has 104 valence electrons. The third kappa shape index (κ3) is 3.65. The van der Waals surface area contributed by atoms with Crippen LogP contribution in [0.4, 0.5) is 4.39 Å². The number of rotatable bonds is 4. The van der Waals surface area contributed by atoms with Crippen molar-refractivity contribution < 1.29 is 9.18 Å². The minimum absolute atomic E-state index is 0.175. The minimum atomic E-state index is -0.291. The third-order valence-electron chi connectivity index (χ3n) is 4.21. The van der Waals surface area contributed by atoms with Crippen LogP contribution in [0.2, 0.25) is 0 Å². The highest BCUT2D eigenvalue weighted by Gasteiger charge is 2.26. The molecule has 1 aliphatic rings. The van der Waals surface area contributed by atoms with E-state index in [0.29, 0.717) is 16.8 Å². The van der Waals surface area contributed by atoms with Crippen LogP contribution in [-0.2, 0) is 11.2 Å². The molecule has 0 aliphatic heterocycles. The molecule has 1 saturated carbocycles. The summed E-state index contributed by atoms with van der Waals surface area (Å²) in [6.07, 6.45) is 5.93. The second-order valence-corrected chi connectivity index (χ2v) is 6.29. The van der Waals surface area contributed by atoms with Crippen molar-refractivity contribution in [3.05, 3.63) is 34.1 Å². The molecule has 0 bridgehead atoms. The van der Waals surface area contributed by atoms with Gasteiger partial charge in [-0.25, -0.2) is 4.39 Å². The van der Waals surface area contributed by atoms with Crippen molar-refractivity contribution >= 4 is 21.7 Å². The predicted molar refractivity (Wildman–Crippen MR) is 78.6 cm³/mol. The highest BCUT2D eigenvalue weighted by atomic mass is 79.9. The van der Waals surface area contributed by atoms with Crippen molar-refractivity contribution in [2.24, 2.45) is 11.8 Å². The Morgan fingerprint density at radius 2 is 2.21 bits per heavy atom. The van der Waals surface area contributed by atoms with E-state index in [1.54, 1.807) is 6.07 Å². The molecule has 0 aromatic heterocycles. The topological polar surface area (TPSA) is 17.1 Å². The Morgan fingerprint density at radius 3 is 2.95 bits per heavy atom. The summed E-state index contributed by atoms with van der Waals surface area (Å²) < 4.78 is 13.9. The molecule has 1 fully saturated rings. The van der Waals surface area contributed by atoms with Gasteiger partial charge in [-0.2, -0.15) is 0 Å². The Balaban J connectivity index is 2.02. The van der Waals surface area contributed by atoms with E-state index in [1.165, 1.54) is 12.5 Å². The average molecular weight is 327 g/mol. The van der Waals surface area contributed by atoms with Gasteiger partial charge in [0.25, 0.3) is 0 Å². The van der Waals surface area contributed by atoms with Gasteiger partial charge in [-0.3, -0.25) is 4.79 Å². The number of carbonyl (C=O) groups excluding carboxylic acids is 1. The van der Waals surface area contributed by atoms with Crippen LogP contribution in [-0.4, -0.2) is 5.78 Å². The van der Waals surface area contributed by atoms with E-state index in [-0.39, 0.29) is 17.5 Å². The van der Waals surface area contributed by atoms with Crippen LogP contribution in [0.15, 0.2) is 22.7 Å². The molecule has 1 nitrogen and oxygen atoms in total. The third-order valence-corrected chi connectivity index (χ3v) is 5.10.